The fourth-order valence-electron chi connectivity index (χ4n) is 2.21. The molecule has 0 amide bonds. The summed E-state index contributed by atoms with van der Waals surface area (Å²) in [4.78, 5) is 2.10. The van der Waals surface area contributed by atoms with Crippen LogP contribution in [-0.2, 0) is 9.84 Å². The first-order chi connectivity index (χ1) is 10.7. The van der Waals surface area contributed by atoms with Crippen molar-refractivity contribution in [2.24, 2.45) is 0 Å². The summed E-state index contributed by atoms with van der Waals surface area (Å²) in [5, 5.41) is 17.6. The summed E-state index contributed by atoms with van der Waals surface area (Å²) < 4.78 is 22.9. The number of sulfone groups is 1. The Balaban J connectivity index is 2.07. The number of nitrogens with one attached hydrogen (secondary N) is 1. The number of aliphatic hydroxyl groups is 1. The molecule has 0 saturated heterocycles. The van der Waals surface area contributed by atoms with Crippen molar-refractivity contribution in [3.05, 3.63) is 41.6 Å². The molecular formula is C16H23N3O3S. The van der Waals surface area contributed by atoms with Crippen LogP contribution in [0.3, 0.4) is 0 Å². The average Bonchev–Trinajstić information content (AvgIpc) is 2.96. The lowest BCUT2D eigenvalue weighted by Crippen LogP contribution is -2.24. The third kappa shape index (κ3) is 4.33. The predicted octanol–water partition coefficient (Wildman–Crippen LogP) is 2.11. The highest BCUT2D eigenvalue weighted by atomic mass is 32.2. The minimum Gasteiger partial charge on any atom is -0.387 e. The Hall–Kier alpha value is -1.86. The molecule has 0 spiro atoms. The number of aromatic nitrogens is 2. The minimum absolute atomic E-state index is 0.246. The molecule has 7 heteroatoms. The summed E-state index contributed by atoms with van der Waals surface area (Å²) in [5.74, 6) is 1.12. The molecule has 0 bridgehead atoms. The molecule has 0 saturated carbocycles. The van der Waals surface area contributed by atoms with Gasteiger partial charge in [0.25, 0.3) is 0 Å². The number of aromatic amines is 1. The highest BCUT2D eigenvalue weighted by molar-refractivity contribution is 7.90. The van der Waals surface area contributed by atoms with Crippen LogP contribution in [0.2, 0.25) is 0 Å². The number of benzene rings is 1. The standard InChI is InChI=1S/C16H23N3O3S/c1-11(2)14-9-16(18-17-14)19(3)10-15(20)12-5-7-13(8-6-12)23(4,21)22/h5-9,11,15,20H,10H2,1-4H3,(H,17,18). The summed E-state index contributed by atoms with van der Waals surface area (Å²) in [7, 11) is -1.37. The number of aliphatic hydroxyl groups excluding tert-OH is 1. The Morgan fingerprint density at radius 3 is 2.35 bits per heavy atom. The molecule has 2 rings (SSSR count). The van der Waals surface area contributed by atoms with E-state index in [-0.39, 0.29) is 4.90 Å². The molecule has 0 fully saturated rings. The second kappa shape index (κ2) is 6.72. The number of anilines is 1. The van der Waals surface area contributed by atoms with Crippen molar-refractivity contribution in [1.29, 1.82) is 0 Å². The molecule has 1 aromatic carbocycles. The topological polar surface area (TPSA) is 86.3 Å². The van der Waals surface area contributed by atoms with Gasteiger partial charge < -0.3 is 10.0 Å². The number of hydrogen-bond acceptors (Lipinski definition) is 5. The Morgan fingerprint density at radius 2 is 1.87 bits per heavy atom. The molecule has 126 valence electrons. The lowest BCUT2D eigenvalue weighted by molar-refractivity contribution is 0.184. The summed E-state index contributed by atoms with van der Waals surface area (Å²) >= 11 is 0. The van der Waals surface area contributed by atoms with E-state index in [1.54, 1.807) is 12.1 Å². The van der Waals surface area contributed by atoms with Crippen LogP contribution < -0.4 is 4.90 Å². The molecule has 23 heavy (non-hydrogen) atoms. The number of hydrogen-bond donors (Lipinski definition) is 2. The Labute approximate surface area is 137 Å². The molecular weight excluding hydrogens is 314 g/mol. The van der Waals surface area contributed by atoms with Gasteiger partial charge in [-0.15, -0.1) is 0 Å². The molecule has 1 unspecified atom stereocenters. The molecule has 2 aromatic rings. The van der Waals surface area contributed by atoms with Crippen LogP contribution in [-0.4, -0.2) is 43.6 Å². The molecule has 1 aromatic heterocycles. The second-order valence-corrected chi connectivity index (χ2v) is 8.09. The molecule has 2 N–H and O–H groups in total. The summed E-state index contributed by atoms with van der Waals surface area (Å²) in [6, 6.07) is 8.26. The van der Waals surface area contributed by atoms with Crippen LogP contribution in [0, 0.1) is 0 Å². The van der Waals surface area contributed by atoms with Gasteiger partial charge in [-0.25, -0.2) is 8.42 Å². The van der Waals surface area contributed by atoms with Crippen molar-refractivity contribution in [3.63, 3.8) is 0 Å². The van der Waals surface area contributed by atoms with Gasteiger partial charge in [0.1, 0.15) is 5.82 Å². The zero-order chi connectivity index (χ0) is 17.2. The summed E-state index contributed by atoms with van der Waals surface area (Å²) in [5.41, 5.74) is 1.71. The maximum Gasteiger partial charge on any atom is 0.175 e. The maximum atomic E-state index is 11.5. The Morgan fingerprint density at radius 1 is 1.26 bits per heavy atom. The first kappa shape index (κ1) is 17.5. The summed E-state index contributed by atoms with van der Waals surface area (Å²) in [6.45, 7) is 4.52. The van der Waals surface area contributed by atoms with Crippen molar-refractivity contribution < 1.29 is 13.5 Å². The fourth-order valence-corrected chi connectivity index (χ4v) is 2.84. The third-order valence-electron chi connectivity index (χ3n) is 3.74. The minimum atomic E-state index is -3.22. The Bertz CT molecular complexity index is 751. The SMILES string of the molecule is CC(C)c1cc(N(C)CC(O)c2ccc(S(C)(=O)=O)cc2)n[nH]1. The zero-order valence-corrected chi connectivity index (χ0v) is 14.6. The molecule has 1 atom stereocenters. The number of H-pyrrole nitrogens is 1. The molecule has 0 aliphatic heterocycles. The lowest BCUT2D eigenvalue weighted by atomic mass is 10.1. The van der Waals surface area contributed by atoms with Gasteiger partial charge in [0.15, 0.2) is 9.84 Å². The molecule has 1 heterocycles. The van der Waals surface area contributed by atoms with Crippen LogP contribution in [0.4, 0.5) is 5.82 Å². The van der Waals surface area contributed by atoms with Gasteiger partial charge in [0.2, 0.25) is 0 Å². The highest BCUT2D eigenvalue weighted by Gasteiger charge is 2.15. The molecule has 0 aliphatic carbocycles. The first-order valence-corrected chi connectivity index (χ1v) is 9.32. The highest BCUT2D eigenvalue weighted by Crippen LogP contribution is 2.21. The van der Waals surface area contributed by atoms with Gasteiger partial charge in [0, 0.05) is 31.6 Å². The fraction of sp³-hybridized carbons (Fsp3) is 0.438. The van der Waals surface area contributed by atoms with E-state index in [0.717, 1.165) is 17.8 Å². The predicted molar refractivity (Wildman–Crippen MR) is 90.5 cm³/mol. The quantitative estimate of drug-likeness (QED) is 0.843. The smallest absolute Gasteiger partial charge is 0.175 e. The van der Waals surface area contributed by atoms with E-state index < -0.39 is 15.9 Å². The zero-order valence-electron chi connectivity index (χ0n) is 13.8. The van der Waals surface area contributed by atoms with E-state index in [1.165, 1.54) is 12.1 Å². The van der Waals surface area contributed by atoms with Gasteiger partial charge in [0.05, 0.1) is 11.0 Å². The normalized spacial score (nSPS) is 13.3. The average molecular weight is 337 g/mol. The van der Waals surface area contributed by atoms with Crippen LogP contribution in [0.15, 0.2) is 35.2 Å². The van der Waals surface area contributed by atoms with Crippen LogP contribution >= 0.6 is 0 Å². The van der Waals surface area contributed by atoms with Crippen molar-refractivity contribution in [2.45, 2.75) is 30.8 Å². The van der Waals surface area contributed by atoms with E-state index in [1.807, 2.05) is 18.0 Å². The van der Waals surface area contributed by atoms with E-state index in [4.69, 9.17) is 0 Å². The Kier molecular flexibility index (Phi) is 5.11. The van der Waals surface area contributed by atoms with Crippen LogP contribution in [0.5, 0.6) is 0 Å². The van der Waals surface area contributed by atoms with Gasteiger partial charge in [-0.3, -0.25) is 5.10 Å². The van der Waals surface area contributed by atoms with Crippen LogP contribution in [0.25, 0.3) is 0 Å². The second-order valence-electron chi connectivity index (χ2n) is 6.07. The maximum absolute atomic E-state index is 11.5. The van der Waals surface area contributed by atoms with Gasteiger partial charge in [-0.05, 0) is 23.6 Å². The molecule has 0 radical (unpaired) electrons. The van der Waals surface area contributed by atoms with Gasteiger partial charge in [-0.1, -0.05) is 26.0 Å². The molecule has 6 nitrogen and oxygen atoms in total. The van der Waals surface area contributed by atoms with E-state index in [9.17, 15) is 13.5 Å². The van der Waals surface area contributed by atoms with E-state index in [2.05, 4.69) is 24.0 Å². The van der Waals surface area contributed by atoms with Crippen molar-refractivity contribution in [1.82, 2.24) is 10.2 Å². The number of likely N-dealkylation sites (N-methyl/N-ethyl adjacent to an activating group) is 1. The van der Waals surface area contributed by atoms with Crippen molar-refractivity contribution >= 4 is 15.7 Å². The van der Waals surface area contributed by atoms with Crippen molar-refractivity contribution in [2.75, 3.05) is 24.7 Å². The van der Waals surface area contributed by atoms with E-state index >= 15 is 0 Å². The first-order valence-electron chi connectivity index (χ1n) is 7.43. The van der Waals surface area contributed by atoms with Crippen molar-refractivity contribution in [3.8, 4) is 0 Å². The summed E-state index contributed by atoms with van der Waals surface area (Å²) in [6.07, 6.45) is 0.434. The van der Waals surface area contributed by atoms with Crippen LogP contribution in [0.1, 0.15) is 37.1 Å². The lowest BCUT2D eigenvalue weighted by Gasteiger charge is -2.20. The monoisotopic (exact) mass is 337 g/mol. The van der Waals surface area contributed by atoms with E-state index in [0.29, 0.717) is 18.0 Å². The van der Waals surface area contributed by atoms with Gasteiger partial charge in [-0.2, -0.15) is 5.10 Å². The number of nitrogens with zero attached hydrogens (tertiary/aromatic N) is 2. The third-order valence-corrected chi connectivity index (χ3v) is 4.87. The van der Waals surface area contributed by atoms with Gasteiger partial charge >= 0.3 is 0 Å². The number of rotatable bonds is 6. The largest absolute Gasteiger partial charge is 0.387 e. The molecule has 0 aliphatic rings.